The Morgan fingerprint density at radius 3 is 2.52 bits per heavy atom. The standard InChI is InChI=1S/C17H11F4NO4S/c1-27(24,25)13-5-12(19)15(11-6-17(20,21)16(23)14(11)13)26-10-3-8(7-22)2-9(18)4-10/h2-5,16,23H,6H2,1H3. The van der Waals surface area contributed by atoms with Gasteiger partial charge < -0.3 is 9.84 Å². The Morgan fingerprint density at radius 1 is 1.26 bits per heavy atom. The number of sulfone groups is 1. The van der Waals surface area contributed by atoms with Gasteiger partial charge in [0.25, 0.3) is 5.92 Å². The molecule has 0 radical (unpaired) electrons. The molecule has 5 nitrogen and oxygen atoms in total. The zero-order chi connectivity index (χ0) is 20.1. The highest BCUT2D eigenvalue weighted by atomic mass is 32.2. The van der Waals surface area contributed by atoms with Crippen molar-refractivity contribution in [2.75, 3.05) is 6.26 Å². The van der Waals surface area contributed by atoms with Crippen molar-refractivity contribution in [1.82, 2.24) is 0 Å². The Labute approximate surface area is 151 Å². The molecular weight excluding hydrogens is 390 g/mol. The zero-order valence-corrected chi connectivity index (χ0v) is 14.4. The fraction of sp³-hybridized carbons (Fsp3) is 0.235. The first-order valence-corrected chi connectivity index (χ1v) is 9.33. The molecule has 142 valence electrons. The fourth-order valence-electron chi connectivity index (χ4n) is 2.91. The van der Waals surface area contributed by atoms with Crippen LogP contribution in [0.3, 0.4) is 0 Å². The Bertz CT molecular complexity index is 1090. The number of fused-ring (bicyclic) bond motifs is 1. The van der Waals surface area contributed by atoms with Gasteiger partial charge in [0.05, 0.1) is 16.5 Å². The monoisotopic (exact) mass is 401 g/mol. The molecule has 3 rings (SSSR count). The molecule has 2 aromatic rings. The van der Waals surface area contributed by atoms with Gasteiger partial charge in [0.15, 0.2) is 21.4 Å². The highest BCUT2D eigenvalue weighted by Gasteiger charge is 2.51. The van der Waals surface area contributed by atoms with Crippen molar-refractivity contribution in [3.05, 3.63) is 52.6 Å². The van der Waals surface area contributed by atoms with Gasteiger partial charge in [-0.15, -0.1) is 0 Å². The van der Waals surface area contributed by atoms with Crippen LogP contribution in [0.4, 0.5) is 17.6 Å². The average Bonchev–Trinajstić information content (AvgIpc) is 2.78. The summed E-state index contributed by atoms with van der Waals surface area (Å²) in [6.07, 6.45) is -2.95. The van der Waals surface area contributed by atoms with E-state index >= 15 is 0 Å². The molecule has 1 aliphatic rings. The van der Waals surface area contributed by atoms with E-state index in [0.29, 0.717) is 12.3 Å². The van der Waals surface area contributed by atoms with Crippen LogP contribution in [0.2, 0.25) is 0 Å². The van der Waals surface area contributed by atoms with E-state index in [1.807, 2.05) is 0 Å². The normalized spacial score (nSPS) is 18.0. The van der Waals surface area contributed by atoms with E-state index in [1.54, 1.807) is 6.07 Å². The van der Waals surface area contributed by atoms with Crippen LogP contribution in [0.25, 0.3) is 0 Å². The van der Waals surface area contributed by atoms with Gasteiger partial charge in [-0.3, -0.25) is 0 Å². The number of aliphatic hydroxyl groups is 1. The first-order chi connectivity index (χ1) is 12.4. The van der Waals surface area contributed by atoms with Gasteiger partial charge in [-0.1, -0.05) is 0 Å². The van der Waals surface area contributed by atoms with Gasteiger partial charge in [0.1, 0.15) is 17.7 Å². The van der Waals surface area contributed by atoms with Crippen molar-refractivity contribution < 1.29 is 35.8 Å². The summed E-state index contributed by atoms with van der Waals surface area (Å²) in [5, 5.41) is 18.7. The van der Waals surface area contributed by atoms with Crippen LogP contribution in [0.5, 0.6) is 11.5 Å². The molecular formula is C17H11F4NO4S. The van der Waals surface area contributed by atoms with Gasteiger partial charge in [-0.25, -0.2) is 26.0 Å². The van der Waals surface area contributed by atoms with E-state index in [0.717, 1.165) is 18.2 Å². The first-order valence-electron chi connectivity index (χ1n) is 7.44. The van der Waals surface area contributed by atoms with Gasteiger partial charge in [-0.05, 0) is 18.2 Å². The van der Waals surface area contributed by atoms with Crippen molar-refractivity contribution in [3.63, 3.8) is 0 Å². The number of nitriles is 1. The maximum atomic E-state index is 14.5. The minimum absolute atomic E-state index is 0.153. The molecule has 0 fully saturated rings. The number of ether oxygens (including phenoxy) is 1. The van der Waals surface area contributed by atoms with Crippen molar-refractivity contribution >= 4 is 9.84 Å². The molecule has 0 amide bonds. The van der Waals surface area contributed by atoms with E-state index in [2.05, 4.69) is 0 Å². The van der Waals surface area contributed by atoms with E-state index in [9.17, 15) is 31.1 Å². The van der Waals surface area contributed by atoms with Crippen LogP contribution < -0.4 is 4.74 Å². The topological polar surface area (TPSA) is 87.4 Å². The first kappa shape index (κ1) is 19.1. The van der Waals surface area contributed by atoms with Crippen molar-refractivity contribution in [1.29, 1.82) is 5.26 Å². The number of hydrogen-bond acceptors (Lipinski definition) is 5. The predicted octanol–water partition coefficient (Wildman–Crippen LogP) is 3.26. The number of nitrogens with zero attached hydrogens (tertiary/aromatic N) is 1. The smallest absolute Gasteiger partial charge is 0.281 e. The molecule has 0 aliphatic heterocycles. The van der Waals surface area contributed by atoms with Crippen LogP contribution in [0.15, 0.2) is 29.2 Å². The lowest BCUT2D eigenvalue weighted by Gasteiger charge is -2.16. The highest BCUT2D eigenvalue weighted by molar-refractivity contribution is 7.90. The van der Waals surface area contributed by atoms with E-state index in [-0.39, 0.29) is 11.3 Å². The number of halogens is 4. The number of alkyl halides is 2. The molecule has 0 bridgehead atoms. The van der Waals surface area contributed by atoms with E-state index < -0.39 is 61.7 Å². The van der Waals surface area contributed by atoms with Crippen LogP contribution in [-0.4, -0.2) is 25.7 Å². The molecule has 0 aromatic heterocycles. The lowest BCUT2D eigenvalue weighted by Crippen LogP contribution is -2.22. The zero-order valence-electron chi connectivity index (χ0n) is 13.6. The third-order valence-electron chi connectivity index (χ3n) is 4.05. The Balaban J connectivity index is 2.22. The Kier molecular flexibility index (Phi) is 4.40. The van der Waals surface area contributed by atoms with Gasteiger partial charge in [-0.2, -0.15) is 5.26 Å². The quantitative estimate of drug-likeness (QED) is 0.798. The van der Waals surface area contributed by atoms with Crippen LogP contribution >= 0.6 is 0 Å². The lowest BCUT2D eigenvalue weighted by molar-refractivity contribution is -0.0976. The molecule has 10 heteroatoms. The predicted molar refractivity (Wildman–Crippen MR) is 84.3 cm³/mol. The lowest BCUT2D eigenvalue weighted by atomic mass is 10.1. The molecule has 0 saturated carbocycles. The fourth-order valence-corrected chi connectivity index (χ4v) is 3.87. The molecule has 2 aromatic carbocycles. The van der Waals surface area contributed by atoms with Gasteiger partial charge >= 0.3 is 0 Å². The SMILES string of the molecule is CS(=O)(=O)c1cc(F)c(Oc2cc(F)cc(C#N)c2)c2c1C(O)C(F)(F)C2. The van der Waals surface area contributed by atoms with Crippen molar-refractivity contribution in [2.24, 2.45) is 0 Å². The molecule has 27 heavy (non-hydrogen) atoms. The minimum atomic E-state index is -4.13. The number of aliphatic hydroxyl groups excluding tert-OH is 1. The molecule has 0 saturated heterocycles. The minimum Gasteiger partial charge on any atom is -0.454 e. The van der Waals surface area contributed by atoms with E-state index in [4.69, 9.17) is 10.00 Å². The second-order valence-corrected chi connectivity index (χ2v) is 8.06. The van der Waals surface area contributed by atoms with Crippen molar-refractivity contribution in [3.8, 4) is 17.6 Å². The van der Waals surface area contributed by atoms with Crippen LogP contribution in [0.1, 0.15) is 22.8 Å². The van der Waals surface area contributed by atoms with Gasteiger partial charge in [0.2, 0.25) is 0 Å². The third-order valence-corrected chi connectivity index (χ3v) is 5.18. The molecule has 1 atom stereocenters. The summed E-state index contributed by atoms with van der Waals surface area (Å²) in [6.45, 7) is 0. The second kappa shape index (κ2) is 6.21. The van der Waals surface area contributed by atoms with Crippen LogP contribution in [0, 0.1) is 23.0 Å². The maximum Gasteiger partial charge on any atom is 0.281 e. The molecule has 0 spiro atoms. The summed E-state index contributed by atoms with van der Waals surface area (Å²) in [4.78, 5) is -0.774. The second-order valence-electron chi connectivity index (χ2n) is 6.08. The summed E-state index contributed by atoms with van der Waals surface area (Å²) in [7, 11) is -4.13. The summed E-state index contributed by atoms with van der Waals surface area (Å²) >= 11 is 0. The Hall–Kier alpha value is -2.64. The molecule has 1 unspecified atom stereocenters. The number of rotatable bonds is 3. The Morgan fingerprint density at radius 2 is 1.93 bits per heavy atom. The number of benzene rings is 2. The van der Waals surface area contributed by atoms with Crippen LogP contribution in [-0.2, 0) is 16.3 Å². The summed E-state index contributed by atoms with van der Waals surface area (Å²) < 4.78 is 84.9. The largest absolute Gasteiger partial charge is 0.454 e. The molecule has 1 aliphatic carbocycles. The average molecular weight is 401 g/mol. The van der Waals surface area contributed by atoms with Gasteiger partial charge in [0, 0.05) is 29.9 Å². The molecule has 0 heterocycles. The third kappa shape index (κ3) is 3.36. The molecule has 1 N–H and O–H groups in total. The van der Waals surface area contributed by atoms with Crippen molar-refractivity contribution in [2.45, 2.75) is 23.3 Å². The summed E-state index contributed by atoms with van der Waals surface area (Å²) in [6, 6.07) is 4.88. The number of hydrogen-bond donors (Lipinski definition) is 1. The summed E-state index contributed by atoms with van der Waals surface area (Å²) in [5.74, 6) is -7.00. The maximum absolute atomic E-state index is 14.5. The highest BCUT2D eigenvalue weighted by Crippen LogP contribution is 2.50. The summed E-state index contributed by atoms with van der Waals surface area (Å²) in [5.41, 5.74) is -1.34. The van der Waals surface area contributed by atoms with E-state index in [1.165, 1.54) is 0 Å².